The Bertz CT molecular complexity index is 817. The van der Waals surface area contributed by atoms with Crippen LogP contribution in [-0.2, 0) is 13.1 Å². The standard InChI is InChI=1S/C18H24N8/c1-2-9-24-10-8-19-17(24)15-23-11-13-25(14-12-23)18-20-21-22-26(18)16-6-4-3-5-7-16/h3-8,10H,2,9,11-15H2,1H3. The number of imidazole rings is 1. The lowest BCUT2D eigenvalue weighted by Crippen LogP contribution is -2.47. The molecule has 2 aromatic heterocycles. The van der Waals surface area contributed by atoms with Crippen molar-refractivity contribution in [3.63, 3.8) is 0 Å². The van der Waals surface area contributed by atoms with E-state index in [2.05, 4.69) is 48.0 Å². The Kier molecular flexibility index (Phi) is 4.92. The summed E-state index contributed by atoms with van der Waals surface area (Å²) in [6.45, 7) is 7.87. The van der Waals surface area contributed by atoms with Crippen molar-refractivity contribution in [3.05, 3.63) is 48.5 Å². The van der Waals surface area contributed by atoms with Gasteiger partial charge in [0.25, 0.3) is 0 Å². The fourth-order valence-electron chi connectivity index (χ4n) is 3.36. The Hall–Kier alpha value is -2.74. The highest BCUT2D eigenvalue weighted by molar-refractivity contribution is 5.40. The molecule has 1 fully saturated rings. The highest BCUT2D eigenvalue weighted by Crippen LogP contribution is 2.17. The van der Waals surface area contributed by atoms with Crippen molar-refractivity contribution in [2.45, 2.75) is 26.4 Å². The molecule has 0 saturated carbocycles. The van der Waals surface area contributed by atoms with Crippen LogP contribution in [0.1, 0.15) is 19.2 Å². The van der Waals surface area contributed by atoms with Crippen LogP contribution < -0.4 is 4.90 Å². The van der Waals surface area contributed by atoms with Gasteiger partial charge in [-0.1, -0.05) is 30.2 Å². The summed E-state index contributed by atoms with van der Waals surface area (Å²) in [5.74, 6) is 1.96. The van der Waals surface area contributed by atoms with Gasteiger partial charge in [-0.05, 0) is 29.0 Å². The summed E-state index contributed by atoms with van der Waals surface area (Å²) in [6.07, 6.45) is 5.09. The molecular weight excluding hydrogens is 328 g/mol. The normalized spacial score (nSPS) is 15.5. The first-order valence-corrected chi connectivity index (χ1v) is 9.16. The van der Waals surface area contributed by atoms with E-state index in [1.807, 2.05) is 41.2 Å². The number of aryl methyl sites for hydroxylation is 1. The van der Waals surface area contributed by atoms with Crippen LogP contribution in [0.2, 0.25) is 0 Å². The van der Waals surface area contributed by atoms with E-state index in [-0.39, 0.29) is 0 Å². The molecular formula is C18H24N8. The van der Waals surface area contributed by atoms with Gasteiger partial charge in [0.2, 0.25) is 5.95 Å². The molecule has 1 aliphatic heterocycles. The maximum absolute atomic E-state index is 4.52. The van der Waals surface area contributed by atoms with E-state index >= 15 is 0 Å². The van der Waals surface area contributed by atoms with Gasteiger partial charge in [0.05, 0.1) is 12.2 Å². The molecule has 0 bridgehead atoms. The quantitative estimate of drug-likeness (QED) is 0.671. The van der Waals surface area contributed by atoms with E-state index in [4.69, 9.17) is 0 Å². The van der Waals surface area contributed by atoms with Crippen LogP contribution in [0.4, 0.5) is 5.95 Å². The maximum atomic E-state index is 4.52. The van der Waals surface area contributed by atoms with Gasteiger partial charge in [-0.3, -0.25) is 4.90 Å². The molecule has 0 unspecified atom stereocenters. The molecule has 1 aliphatic rings. The number of aromatic nitrogens is 6. The monoisotopic (exact) mass is 352 g/mol. The van der Waals surface area contributed by atoms with Gasteiger partial charge in [0, 0.05) is 45.1 Å². The van der Waals surface area contributed by atoms with E-state index in [0.29, 0.717) is 0 Å². The molecule has 0 amide bonds. The maximum Gasteiger partial charge on any atom is 0.250 e. The molecule has 0 aliphatic carbocycles. The van der Waals surface area contributed by atoms with Crippen LogP contribution in [0.25, 0.3) is 5.69 Å². The first-order valence-electron chi connectivity index (χ1n) is 9.16. The van der Waals surface area contributed by atoms with Crippen molar-refractivity contribution in [3.8, 4) is 5.69 Å². The average Bonchev–Trinajstić information content (AvgIpc) is 3.33. The topological polar surface area (TPSA) is 67.9 Å². The average molecular weight is 352 g/mol. The zero-order chi connectivity index (χ0) is 17.8. The van der Waals surface area contributed by atoms with Gasteiger partial charge < -0.3 is 9.47 Å². The number of hydrogen-bond donors (Lipinski definition) is 0. The largest absolute Gasteiger partial charge is 0.337 e. The van der Waals surface area contributed by atoms with Crippen LogP contribution >= 0.6 is 0 Å². The Labute approximate surface area is 153 Å². The van der Waals surface area contributed by atoms with Crippen LogP contribution in [0.15, 0.2) is 42.7 Å². The summed E-state index contributed by atoms with van der Waals surface area (Å²) >= 11 is 0. The van der Waals surface area contributed by atoms with Gasteiger partial charge in [0.15, 0.2) is 0 Å². The van der Waals surface area contributed by atoms with Crippen LogP contribution in [0.3, 0.4) is 0 Å². The number of piperazine rings is 1. The van der Waals surface area contributed by atoms with Crippen LogP contribution in [0.5, 0.6) is 0 Å². The molecule has 3 aromatic rings. The number of benzene rings is 1. The molecule has 8 heteroatoms. The molecule has 8 nitrogen and oxygen atoms in total. The highest BCUT2D eigenvalue weighted by atomic mass is 15.6. The van der Waals surface area contributed by atoms with Gasteiger partial charge in [0.1, 0.15) is 5.82 Å². The zero-order valence-electron chi connectivity index (χ0n) is 15.1. The summed E-state index contributed by atoms with van der Waals surface area (Å²) in [6, 6.07) is 10.0. The lowest BCUT2D eigenvalue weighted by molar-refractivity contribution is 0.239. The van der Waals surface area contributed by atoms with Gasteiger partial charge in [-0.15, -0.1) is 0 Å². The predicted molar refractivity (Wildman–Crippen MR) is 99.2 cm³/mol. The Morgan fingerprint density at radius 2 is 1.85 bits per heavy atom. The summed E-state index contributed by atoms with van der Waals surface area (Å²) in [4.78, 5) is 9.22. The lowest BCUT2D eigenvalue weighted by atomic mass is 10.3. The Morgan fingerprint density at radius 1 is 1.04 bits per heavy atom. The Morgan fingerprint density at radius 3 is 2.62 bits per heavy atom. The molecule has 0 radical (unpaired) electrons. The number of rotatable bonds is 6. The van der Waals surface area contributed by atoms with E-state index < -0.39 is 0 Å². The SMILES string of the molecule is CCCn1ccnc1CN1CCN(c2nnnn2-c2ccccc2)CC1. The van der Waals surface area contributed by atoms with Crippen LogP contribution in [-0.4, -0.2) is 60.8 Å². The molecule has 0 spiro atoms. The second-order valence-electron chi connectivity index (χ2n) is 6.53. The number of para-hydroxylation sites is 1. The molecule has 0 N–H and O–H groups in total. The number of tetrazole rings is 1. The minimum Gasteiger partial charge on any atom is -0.337 e. The highest BCUT2D eigenvalue weighted by Gasteiger charge is 2.23. The number of hydrogen-bond acceptors (Lipinski definition) is 6. The minimum atomic E-state index is 0.809. The second kappa shape index (κ2) is 7.65. The molecule has 136 valence electrons. The van der Waals surface area contributed by atoms with Gasteiger partial charge in [-0.2, -0.15) is 4.68 Å². The van der Waals surface area contributed by atoms with Crippen LogP contribution in [0, 0.1) is 0 Å². The van der Waals surface area contributed by atoms with E-state index in [1.54, 1.807) is 0 Å². The molecule has 0 atom stereocenters. The summed E-state index contributed by atoms with van der Waals surface area (Å²) in [5.41, 5.74) is 0.983. The van der Waals surface area contributed by atoms with Crippen molar-refractivity contribution in [1.82, 2.24) is 34.7 Å². The molecule has 1 aromatic carbocycles. The summed E-state index contributed by atoms with van der Waals surface area (Å²) in [5, 5.41) is 12.3. The van der Waals surface area contributed by atoms with Crippen molar-refractivity contribution < 1.29 is 0 Å². The number of anilines is 1. The van der Waals surface area contributed by atoms with E-state index in [9.17, 15) is 0 Å². The summed E-state index contributed by atoms with van der Waals surface area (Å²) < 4.78 is 4.06. The zero-order valence-corrected chi connectivity index (χ0v) is 15.1. The first-order chi connectivity index (χ1) is 12.8. The van der Waals surface area contributed by atoms with Crippen molar-refractivity contribution >= 4 is 5.95 Å². The fraction of sp³-hybridized carbons (Fsp3) is 0.444. The smallest absolute Gasteiger partial charge is 0.250 e. The Balaban J connectivity index is 1.40. The van der Waals surface area contributed by atoms with Crippen molar-refractivity contribution in [1.29, 1.82) is 0 Å². The minimum absolute atomic E-state index is 0.809. The summed E-state index contributed by atoms with van der Waals surface area (Å²) in [7, 11) is 0. The third kappa shape index (κ3) is 3.45. The van der Waals surface area contributed by atoms with Gasteiger partial charge >= 0.3 is 0 Å². The van der Waals surface area contributed by atoms with Gasteiger partial charge in [-0.25, -0.2) is 4.98 Å². The van der Waals surface area contributed by atoms with E-state index in [0.717, 1.165) is 63.1 Å². The first kappa shape index (κ1) is 16.7. The number of nitrogens with zero attached hydrogens (tertiary/aromatic N) is 8. The lowest BCUT2D eigenvalue weighted by Gasteiger charge is -2.34. The third-order valence-electron chi connectivity index (χ3n) is 4.74. The van der Waals surface area contributed by atoms with E-state index in [1.165, 1.54) is 0 Å². The molecule has 3 heterocycles. The third-order valence-corrected chi connectivity index (χ3v) is 4.74. The molecule has 4 rings (SSSR count). The van der Waals surface area contributed by atoms with Crippen molar-refractivity contribution in [2.24, 2.45) is 0 Å². The molecule has 26 heavy (non-hydrogen) atoms. The second-order valence-corrected chi connectivity index (χ2v) is 6.53. The van der Waals surface area contributed by atoms with Crippen molar-refractivity contribution in [2.75, 3.05) is 31.1 Å². The fourth-order valence-corrected chi connectivity index (χ4v) is 3.36. The molecule has 1 saturated heterocycles. The predicted octanol–water partition coefficient (Wildman–Crippen LogP) is 1.59.